The van der Waals surface area contributed by atoms with E-state index in [4.69, 9.17) is 4.74 Å². The number of rotatable bonds is 4. The number of β-amino-alcohol motifs (C(OH)–C–C–N with tert-alkyl or cyclic N) is 1. The van der Waals surface area contributed by atoms with Crippen molar-refractivity contribution in [3.05, 3.63) is 35.4 Å². The Morgan fingerprint density at radius 3 is 2.62 bits per heavy atom. The van der Waals surface area contributed by atoms with E-state index in [-0.39, 0.29) is 17.6 Å². The second-order valence-electron chi connectivity index (χ2n) is 10.5. The second-order valence-corrected chi connectivity index (χ2v) is 10.5. The smallest absolute Gasteiger partial charge is 0.337 e. The normalized spacial score (nSPS) is 27.6. The SMILES string of the molecule is COC(=O)c1cccc(CN2C[C@@H]3C[C@@H](O)CN3C3(C2)CN(CC(C)(C)C)C3)c1. The zero-order valence-corrected chi connectivity index (χ0v) is 18.2. The van der Waals surface area contributed by atoms with E-state index in [0.717, 1.165) is 57.8 Å². The summed E-state index contributed by atoms with van der Waals surface area (Å²) in [4.78, 5) is 19.5. The van der Waals surface area contributed by atoms with Crippen LogP contribution in [0.5, 0.6) is 0 Å². The van der Waals surface area contributed by atoms with Crippen LogP contribution in [0.2, 0.25) is 0 Å². The van der Waals surface area contributed by atoms with Crippen LogP contribution < -0.4 is 0 Å². The highest BCUT2D eigenvalue weighted by Gasteiger charge is 2.56. The quantitative estimate of drug-likeness (QED) is 0.777. The molecule has 0 amide bonds. The summed E-state index contributed by atoms with van der Waals surface area (Å²) in [6.45, 7) is 13.8. The van der Waals surface area contributed by atoms with Gasteiger partial charge in [0.1, 0.15) is 0 Å². The minimum atomic E-state index is -0.288. The number of benzene rings is 1. The molecule has 3 aliphatic rings. The van der Waals surface area contributed by atoms with Crippen LogP contribution in [0.4, 0.5) is 0 Å². The number of carbonyl (C=O) groups is 1. The molecule has 1 N–H and O–H groups in total. The Balaban J connectivity index is 1.48. The number of esters is 1. The molecule has 0 aliphatic carbocycles. The zero-order chi connectivity index (χ0) is 20.8. The van der Waals surface area contributed by atoms with E-state index in [1.165, 1.54) is 7.11 Å². The van der Waals surface area contributed by atoms with E-state index in [2.05, 4.69) is 41.5 Å². The highest BCUT2D eigenvalue weighted by atomic mass is 16.5. The molecule has 1 aromatic rings. The second kappa shape index (κ2) is 7.65. The van der Waals surface area contributed by atoms with E-state index >= 15 is 0 Å². The Morgan fingerprint density at radius 1 is 1.21 bits per heavy atom. The summed E-state index contributed by atoms with van der Waals surface area (Å²) in [5, 5.41) is 10.3. The third-order valence-corrected chi connectivity index (χ3v) is 6.48. The lowest BCUT2D eigenvalue weighted by Crippen LogP contribution is -2.78. The van der Waals surface area contributed by atoms with Gasteiger partial charge in [0.05, 0.1) is 24.3 Å². The monoisotopic (exact) mass is 401 g/mol. The van der Waals surface area contributed by atoms with Crippen molar-refractivity contribution in [1.82, 2.24) is 14.7 Å². The molecule has 29 heavy (non-hydrogen) atoms. The number of nitrogens with zero attached hydrogens (tertiary/aromatic N) is 3. The lowest BCUT2D eigenvalue weighted by atomic mass is 9.81. The summed E-state index contributed by atoms with van der Waals surface area (Å²) in [6, 6.07) is 8.18. The Bertz CT molecular complexity index is 754. The molecular weight excluding hydrogens is 366 g/mol. The summed E-state index contributed by atoms with van der Waals surface area (Å²) in [5.74, 6) is -0.288. The average Bonchev–Trinajstić information content (AvgIpc) is 2.99. The number of aliphatic hydroxyl groups is 1. The maximum Gasteiger partial charge on any atom is 0.337 e. The van der Waals surface area contributed by atoms with Crippen molar-refractivity contribution >= 4 is 5.97 Å². The van der Waals surface area contributed by atoms with Gasteiger partial charge >= 0.3 is 5.97 Å². The van der Waals surface area contributed by atoms with Gasteiger partial charge in [-0.1, -0.05) is 32.9 Å². The number of hydrogen-bond donors (Lipinski definition) is 1. The molecule has 0 unspecified atom stereocenters. The summed E-state index contributed by atoms with van der Waals surface area (Å²) < 4.78 is 4.87. The maximum atomic E-state index is 11.9. The number of methoxy groups -OCH3 is 1. The lowest BCUT2D eigenvalue weighted by Gasteiger charge is -2.62. The van der Waals surface area contributed by atoms with Crippen LogP contribution in [0.3, 0.4) is 0 Å². The Labute approximate surface area is 174 Å². The molecule has 6 nitrogen and oxygen atoms in total. The first kappa shape index (κ1) is 20.8. The van der Waals surface area contributed by atoms with Crippen LogP contribution in [-0.4, -0.2) is 89.8 Å². The molecule has 1 spiro atoms. The van der Waals surface area contributed by atoms with Gasteiger partial charge in [-0.2, -0.15) is 0 Å². The summed E-state index contributed by atoms with van der Waals surface area (Å²) in [6.07, 6.45) is 0.649. The van der Waals surface area contributed by atoms with E-state index in [9.17, 15) is 9.90 Å². The third-order valence-electron chi connectivity index (χ3n) is 6.48. The van der Waals surface area contributed by atoms with Gasteiger partial charge in [0.2, 0.25) is 0 Å². The summed E-state index contributed by atoms with van der Waals surface area (Å²) >= 11 is 0. The largest absolute Gasteiger partial charge is 0.465 e. The molecular formula is C23H35N3O3. The number of carbonyl (C=O) groups excluding carboxylic acids is 1. The molecule has 2 atom stereocenters. The van der Waals surface area contributed by atoms with Crippen LogP contribution >= 0.6 is 0 Å². The Morgan fingerprint density at radius 2 is 1.93 bits per heavy atom. The van der Waals surface area contributed by atoms with Crippen molar-refractivity contribution < 1.29 is 14.6 Å². The molecule has 3 saturated heterocycles. The van der Waals surface area contributed by atoms with Crippen molar-refractivity contribution in [3.8, 4) is 0 Å². The van der Waals surface area contributed by atoms with E-state index in [1.54, 1.807) is 6.07 Å². The number of ether oxygens (including phenoxy) is 1. The molecule has 3 aliphatic heterocycles. The predicted molar refractivity (Wildman–Crippen MR) is 113 cm³/mol. The van der Waals surface area contributed by atoms with E-state index < -0.39 is 0 Å². The van der Waals surface area contributed by atoms with E-state index in [1.807, 2.05) is 12.1 Å². The van der Waals surface area contributed by atoms with Gasteiger partial charge in [0, 0.05) is 51.9 Å². The highest BCUT2D eigenvalue weighted by Crippen LogP contribution is 2.40. The number of hydrogen-bond acceptors (Lipinski definition) is 6. The van der Waals surface area contributed by atoms with Crippen LogP contribution in [0.1, 0.15) is 43.1 Å². The van der Waals surface area contributed by atoms with Crippen molar-refractivity contribution in [1.29, 1.82) is 0 Å². The first-order valence-electron chi connectivity index (χ1n) is 10.7. The molecule has 3 heterocycles. The molecule has 3 fully saturated rings. The van der Waals surface area contributed by atoms with E-state index in [0.29, 0.717) is 17.0 Å². The fourth-order valence-electron chi connectivity index (χ4n) is 5.66. The molecule has 0 aromatic heterocycles. The van der Waals surface area contributed by atoms with Gasteiger partial charge in [-0.3, -0.25) is 14.7 Å². The highest BCUT2D eigenvalue weighted by molar-refractivity contribution is 5.89. The fraction of sp³-hybridized carbons (Fsp3) is 0.696. The molecule has 4 rings (SSSR count). The van der Waals surface area contributed by atoms with Gasteiger partial charge in [0.15, 0.2) is 0 Å². The molecule has 0 bridgehead atoms. The standard InChI is InChI=1S/C23H35N3O3/c1-22(2,3)13-25-15-23(16-25)14-24(11-19-9-20(27)12-26(19)23)10-17-6-5-7-18(8-17)21(28)29-4/h5-8,19-20,27H,9-16H2,1-4H3/t19-,20+/m0/s1. The molecule has 1 aromatic carbocycles. The van der Waals surface area contributed by atoms with Crippen LogP contribution in [-0.2, 0) is 11.3 Å². The topological polar surface area (TPSA) is 56.2 Å². The first-order chi connectivity index (χ1) is 13.7. The lowest BCUT2D eigenvalue weighted by molar-refractivity contribution is -0.121. The van der Waals surface area contributed by atoms with Crippen LogP contribution in [0.25, 0.3) is 0 Å². The van der Waals surface area contributed by atoms with Crippen LogP contribution in [0.15, 0.2) is 24.3 Å². The molecule has 160 valence electrons. The van der Waals surface area contributed by atoms with Crippen molar-refractivity contribution in [3.63, 3.8) is 0 Å². The maximum absolute atomic E-state index is 11.9. The number of aliphatic hydroxyl groups excluding tert-OH is 1. The molecule has 6 heteroatoms. The number of fused-ring (bicyclic) bond motifs is 2. The summed E-state index contributed by atoms with van der Waals surface area (Å²) in [5.41, 5.74) is 2.19. The summed E-state index contributed by atoms with van der Waals surface area (Å²) in [7, 11) is 1.42. The molecule has 0 saturated carbocycles. The Kier molecular flexibility index (Phi) is 5.49. The molecule has 0 radical (unpaired) electrons. The zero-order valence-electron chi connectivity index (χ0n) is 18.2. The third kappa shape index (κ3) is 4.36. The number of likely N-dealkylation sites (tertiary alicyclic amines) is 1. The minimum Gasteiger partial charge on any atom is -0.465 e. The average molecular weight is 402 g/mol. The van der Waals surface area contributed by atoms with Gasteiger partial charge in [0.25, 0.3) is 0 Å². The van der Waals surface area contributed by atoms with Gasteiger partial charge in [-0.15, -0.1) is 0 Å². The fourth-order valence-corrected chi connectivity index (χ4v) is 5.66. The van der Waals surface area contributed by atoms with Crippen molar-refractivity contribution in [2.75, 3.05) is 46.4 Å². The predicted octanol–water partition coefficient (Wildman–Crippen LogP) is 1.82. The van der Waals surface area contributed by atoms with Gasteiger partial charge in [-0.25, -0.2) is 4.79 Å². The first-order valence-corrected chi connectivity index (χ1v) is 10.7. The van der Waals surface area contributed by atoms with Crippen LogP contribution in [0, 0.1) is 5.41 Å². The van der Waals surface area contributed by atoms with Gasteiger partial charge in [-0.05, 0) is 29.5 Å². The van der Waals surface area contributed by atoms with Gasteiger partial charge < -0.3 is 9.84 Å². The Hall–Kier alpha value is -1.47. The van der Waals surface area contributed by atoms with Crippen molar-refractivity contribution in [2.45, 2.75) is 51.4 Å². The number of piperazine rings is 1. The van der Waals surface area contributed by atoms with Crippen molar-refractivity contribution in [2.24, 2.45) is 5.41 Å². The minimum absolute atomic E-state index is 0.144.